The number of likely N-dealkylation sites (N-methyl/N-ethyl adjacent to an activating group) is 1. The first-order valence-electron chi connectivity index (χ1n) is 9.14. The number of likely N-dealkylation sites (tertiary alicyclic amines) is 1. The third kappa shape index (κ3) is 4.06. The highest BCUT2D eigenvalue weighted by Crippen LogP contribution is 2.39. The van der Waals surface area contributed by atoms with E-state index in [0.717, 1.165) is 12.1 Å². The second-order valence-corrected chi connectivity index (χ2v) is 7.15. The van der Waals surface area contributed by atoms with Gasteiger partial charge in [0, 0.05) is 30.8 Å². The van der Waals surface area contributed by atoms with Gasteiger partial charge in [0.15, 0.2) is 0 Å². The van der Waals surface area contributed by atoms with Crippen molar-refractivity contribution >= 4 is 23.1 Å². The number of hydrogen-bond donors (Lipinski definition) is 1. The van der Waals surface area contributed by atoms with Gasteiger partial charge in [-0.15, -0.1) is 0 Å². The van der Waals surface area contributed by atoms with Crippen molar-refractivity contribution in [1.82, 2.24) is 9.80 Å². The second kappa shape index (κ2) is 8.42. The number of Topliss-reactive ketones (excluding diaryl/α,β-unsaturated/α-hetero) is 1. The van der Waals surface area contributed by atoms with Crippen LogP contribution in [0.2, 0.25) is 0 Å². The van der Waals surface area contributed by atoms with Crippen LogP contribution < -0.4 is 0 Å². The molecule has 0 aromatic heterocycles. The molecule has 0 spiro atoms. The van der Waals surface area contributed by atoms with Crippen LogP contribution in [-0.2, 0) is 9.59 Å². The summed E-state index contributed by atoms with van der Waals surface area (Å²) < 4.78 is 13.3. The molecule has 0 radical (unpaired) electrons. The Bertz CT molecular complexity index is 1020. The van der Waals surface area contributed by atoms with E-state index in [0.29, 0.717) is 12.1 Å². The van der Waals surface area contributed by atoms with Gasteiger partial charge in [0.25, 0.3) is 17.4 Å². The van der Waals surface area contributed by atoms with Crippen molar-refractivity contribution in [2.24, 2.45) is 0 Å². The molecule has 9 heteroatoms. The summed E-state index contributed by atoms with van der Waals surface area (Å²) >= 11 is 0. The molecule has 0 bridgehead atoms. The molecule has 1 N–H and O–H groups in total. The highest BCUT2D eigenvalue weighted by Gasteiger charge is 2.45. The van der Waals surface area contributed by atoms with Gasteiger partial charge in [-0.1, -0.05) is 0 Å². The molecule has 30 heavy (non-hydrogen) atoms. The summed E-state index contributed by atoms with van der Waals surface area (Å²) in [6.45, 7) is 0.673. The number of benzene rings is 2. The third-order valence-electron chi connectivity index (χ3n) is 4.87. The van der Waals surface area contributed by atoms with Crippen LogP contribution in [0, 0.1) is 15.9 Å². The fraction of sp³-hybridized carbons (Fsp3) is 0.238. The minimum atomic E-state index is -0.921. The van der Waals surface area contributed by atoms with Crippen LogP contribution >= 0.6 is 0 Å². The highest BCUT2D eigenvalue weighted by atomic mass is 19.1. The van der Waals surface area contributed by atoms with E-state index in [1.807, 2.05) is 19.0 Å². The number of amides is 1. The predicted octanol–water partition coefficient (Wildman–Crippen LogP) is 2.72. The molecule has 1 saturated heterocycles. The fourth-order valence-corrected chi connectivity index (χ4v) is 3.31. The highest BCUT2D eigenvalue weighted by molar-refractivity contribution is 6.46. The van der Waals surface area contributed by atoms with Crippen molar-refractivity contribution in [1.29, 1.82) is 0 Å². The number of ketones is 1. The van der Waals surface area contributed by atoms with Crippen molar-refractivity contribution < 1.29 is 24.0 Å². The van der Waals surface area contributed by atoms with Crippen LogP contribution in [0.25, 0.3) is 5.76 Å². The number of aliphatic hydroxyl groups is 1. The molecule has 1 fully saturated rings. The first kappa shape index (κ1) is 21.1. The van der Waals surface area contributed by atoms with E-state index in [1.54, 1.807) is 0 Å². The van der Waals surface area contributed by atoms with E-state index < -0.39 is 34.2 Å². The standard InChI is InChI=1S/C21H20FN3O5/c1-23(2)11-12-24-18(13-5-9-16(10-6-13)25(29)30)17(20(27)21(24)28)19(26)14-3-7-15(22)8-4-14/h3-10,18,26H,11-12H2,1-2H3/b19-17-. The minimum Gasteiger partial charge on any atom is -0.507 e. The number of hydrogen-bond acceptors (Lipinski definition) is 6. The maximum atomic E-state index is 13.3. The van der Waals surface area contributed by atoms with E-state index >= 15 is 0 Å². The lowest BCUT2D eigenvalue weighted by atomic mass is 9.95. The lowest BCUT2D eigenvalue weighted by molar-refractivity contribution is -0.384. The molecule has 8 nitrogen and oxygen atoms in total. The molecule has 1 heterocycles. The summed E-state index contributed by atoms with van der Waals surface area (Å²) in [6, 6.07) is 9.44. The maximum absolute atomic E-state index is 13.3. The van der Waals surface area contributed by atoms with Gasteiger partial charge in [0.1, 0.15) is 11.6 Å². The monoisotopic (exact) mass is 413 g/mol. The Kier molecular flexibility index (Phi) is 5.93. The fourth-order valence-electron chi connectivity index (χ4n) is 3.31. The summed E-state index contributed by atoms with van der Waals surface area (Å²) in [5.74, 6) is -2.57. The van der Waals surface area contributed by atoms with Crippen molar-refractivity contribution in [2.75, 3.05) is 27.2 Å². The van der Waals surface area contributed by atoms with E-state index in [1.165, 1.54) is 41.3 Å². The van der Waals surface area contributed by atoms with Gasteiger partial charge in [-0.05, 0) is 56.1 Å². The lowest BCUT2D eigenvalue weighted by Crippen LogP contribution is -2.35. The molecule has 1 amide bonds. The average molecular weight is 413 g/mol. The molecule has 0 saturated carbocycles. The zero-order chi connectivity index (χ0) is 22.0. The number of aliphatic hydroxyl groups excluding tert-OH is 1. The number of nitro benzene ring substituents is 1. The van der Waals surface area contributed by atoms with Crippen LogP contribution in [0.4, 0.5) is 10.1 Å². The Morgan fingerprint density at radius 3 is 2.27 bits per heavy atom. The number of rotatable bonds is 6. The summed E-state index contributed by atoms with van der Waals surface area (Å²) in [4.78, 5) is 39.1. The molecule has 3 rings (SSSR count). The summed E-state index contributed by atoms with van der Waals surface area (Å²) in [7, 11) is 3.63. The Labute approximate surface area is 172 Å². The first-order valence-corrected chi connectivity index (χ1v) is 9.14. The lowest BCUT2D eigenvalue weighted by Gasteiger charge is -2.26. The number of carbonyl (C=O) groups excluding carboxylic acids is 2. The Morgan fingerprint density at radius 1 is 1.13 bits per heavy atom. The third-order valence-corrected chi connectivity index (χ3v) is 4.87. The van der Waals surface area contributed by atoms with Crippen LogP contribution in [0.15, 0.2) is 54.1 Å². The van der Waals surface area contributed by atoms with E-state index in [2.05, 4.69) is 0 Å². The van der Waals surface area contributed by atoms with Gasteiger partial charge in [-0.25, -0.2) is 4.39 Å². The minimum absolute atomic E-state index is 0.137. The largest absolute Gasteiger partial charge is 0.507 e. The Hall–Kier alpha value is -3.59. The predicted molar refractivity (Wildman–Crippen MR) is 107 cm³/mol. The second-order valence-electron chi connectivity index (χ2n) is 7.15. The van der Waals surface area contributed by atoms with Gasteiger partial charge < -0.3 is 14.9 Å². The smallest absolute Gasteiger partial charge is 0.295 e. The molecule has 1 unspecified atom stereocenters. The number of non-ortho nitro benzene ring substituents is 1. The van der Waals surface area contributed by atoms with Crippen molar-refractivity contribution in [3.63, 3.8) is 0 Å². The first-order chi connectivity index (χ1) is 14.2. The molecule has 2 aromatic rings. The number of carbonyl (C=O) groups is 2. The van der Waals surface area contributed by atoms with Gasteiger partial charge in [-0.3, -0.25) is 19.7 Å². The zero-order valence-corrected chi connectivity index (χ0v) is 16.4. The van der Waals surface area contributed by atoms with E-state index in [-0.39, 0.29) is 23.4 Å². The number of halogens is 1. The van der Waals surface area contributed by atoms with E-state index in [4.69, 9.17) is 0 Å². The van der Waals surface area contributed by atoms with Crippen molar-refractivity contribution in [3.8, 4) is 0 Å². The van der Waals surface area contributed by atoms with Crippen LogP contribution in [0.3, 0.4) is 0 Å². The molecule has 156 valence electrons. The number of nitrogens with zero attached hydrogens (tertiary/aromatic N) is 3. The molecule has 0 aliphatic carbocycles. The molecular formula is C21H20FN3O5. The Balaban J connectivity index is 2.13. The number of nitro groups is 1. The van der Waals surface area contributed by atoms with E-state index in [9.17, 15) is 29.2 Å². The van der Waals surface area contributed by atoms with Crippen molar-refractivity contribution in [3.05, 3.63) is 81.2 Å². The van der Waals surface area contributed by atoms with Crippen LogP contribution in [0.5, 0.6) is 0 Å². The van der Waals surface area contributed by atoms with Gasteiger partial charge in [0.05, 0.1) is 16.5 Å². The van der Waals surface area contributed by atoms with Gasteiger partial charge in [-0.2, -0.15) is 0 Å². The summed E-state index contributed by atoms with van der Waals surface area (Å²) in [5.41, 5.74) is 0.359. The molecule has 1 aliphatic rings. The summed E-state index contributed by atoms with van der Waals surface area (Å²) in [5, 5.41) is 21.8. The quantitative estimate of drug-likeness (QED) is 0.257. The molecule has 2 aromatic carbocycles. The SMILES string of the molecule is CN(C)CCN1C(=O)C(=O)/C(=C(\O)c2ccc(F)cc2)C1c1ccc([N+](=O)[O-])cc1. The Morgan fingerprint density at radius 2 is 1.73 bits per heavy atom. The maximum Gasteiger partial charge on any atom is 0.295 e. The zero-order valence-electron chi connectivity index (χ0n) is 16.4. The van der Waals surface area contributed by atoms with Gasteiger partial charge >= 0.3 is 0 Å². The molecule has 1 aliphatic heterocycles. The topological polar surface area (TPSA) is 104 Å². The van der Waals surface area contributed by atoms with Crippen LogP contribution in [0.1, 0.15) is 17.2 Å². The average Bonchev–Trinajstić information content (AvgIpc) is 2.97. The molecule has 1 atom stereocenters. The van der Waals surface area contributed by atoms with Crippen LogP contribution in [-0.4, -0.2) is 58.7 Å². The van der Waals surface area contributed by atoms with Gasteiger partial charge in [0.2, 0.25) is 0 Å². The molecular weight excluding hydrogens is 393 g/mol. The summed E-state index contributed by atoms with van der Waals surface area (Å²) in [6.07, 6.45) is 0. The van der Waals surface area contributed by atoms with Crippen molar-refractivity contribution in [2.45, 2.75) is 6.04 Å². The normalized spacial score (nSPS) is 18.3.